The molecule has 0 aliphatic heterocycles. The molecule has 2 aromatic rings. The van der Waals surface area contributed by atoms with Gasteiger partial charge in [0.2, 0.25) is 0 Å². The van der Waals surface area contributed by atoms with Crippen LogP contribution in [-0.2, 0) is 6.54 Å². The molecule has 134 valence electrons. The van der Waals surface area contributed by atoms with E-state index in [0.29, 0.717) is 24.1 Å². The standard InChI is InChI=1S/C18H26N6O/c1-2-3-4-6-10-22-18(25)14-11-16(19)24(20)17(12-14)23-13-15-8-5-7-9-21-15/h5,7-9,11-12H,2-4,6,10,13,19-20H2,1H3,(H,22,25). The Morgan fingerprint density at radius 1 is 1.28 bits per heavy atom. The summed E-state index contributed by atoms with van der Waals surface area (Å²) in [7, 11) is 0. The van der Waals surface area contributed by atoms with Crippen LogP contribution in [0.2, 0.25) is 0 Å². The lowest BCUT2D eigenvalue weighted by Gasteiger charge is -2.09. The molecule has 7 nitrogen and oxygen atoms in total. The van der Waals surface area contributed by atoms with Crippen LogP contribution in [0.3, 0.4) is 0 Å². The average Bonchev–Trinajstić information content (AvgIpc) is 2.63. The summed E-state index contributed by atoms with van der Waals surface area (Å²) >= 11 is 0. The largest absolute Gasteiger partial charge is 0.384 e. The van der Waals surface area contributed by atoms with Crippen LogP contribution in [-0.4, -0.2) is 22.1 Å². The molecule has 7 heteroatoms. The summed E-state index contributed by atoms with van der Waals surface area (Å²) in [6.45, 7) is 3.17. The number of aromatic nitrogens is 2. The molecule has 0 atom stereocenters. The van der Waals surface area contributed by atoms with Crippen LogP contribution in [0, 0.1) is 0 Å². The van der Waals surface area contributed by atoms with Crippen LogP contribution < -0.4 is 22.4 Å². The fourth-order valence-electron chi connectivity index (χ4n) is 2.37. The van der Waals surface area contributed by atoms with Crippen molar-refractivity contribution >= 4 is 11.7 Å². The first-order valence-electron chi connectivity index (χ1n) is 8.58. The molecule has 0 aliphatic rings. The molecule has 0 radical (unpaired) electrons. The van der Waals surface area contributed by atoms with Gasteiger partial charge in [0.1, 0.15) is 11.3 Å². The minimum Gasteiger partial charge on any atom is -0.384 e. The van der Waals surface area contributed by atoms with Crippen molar-refractivity contribution in [3.8, 4) is 0 Å². The fourth-order valence-corrected chi connectivity index (χ4v) is 2.37. The third-order valence-electron chi connectivity index (χ3n) is 3.82. The fraction of sp³-hybridized carbons (Fsp3) is 0.389. The predicted octanol–water partition coefficient (Wildman–Crippen LogP) is 1.59. The van der Waals surface area contributed by atoms with Crippen molar-refractivity contribution in [2.24, 2.45) is 4.99 Å². The van der Waals surface area contributed by atoms with Crippen LogP contribution in [0.4, 0.5) is 5.82 Å². The van der Waals surface area contributed by atoms with E-state index >= 15 is 0 Å². The van der Waals surface area contributed by atoms with Gasteiger partial charge in [-0.15, -0.1) is 0 Å². The Balaban J connectivity index is 2.10. The van der Waals surface area contributed by atoms with E-state index in [1.807, 2.05) is 18.2 Å². The summed E-state index contributed by atoms with van der Waals surface area (Å²) in [5.41, 5.74) is 7.60. The Hall–Kier alpha value is -2.83. The van der Waals surface area contributed by atoms with E-state index in [0.717, 1.165) is 18.5 Å². The zero-order valence-corrected chi connectivity index (χ0v) is 14.6. The maximum absolute atomic E-state index is 12.3. The van der Waals surface area contributed by atoms with E-state index in [-0.39, 0.29) is 11.7 Å². The number of unbranched alkanes of at least 4 members (excludes halogenated alkanes) is 3. The van der Waals surface area contributed by atoms with E-state index in [9.17, 15) is 4.79 Å². The number of nitrogens with one attached hydrogen (secondary N) is 1. The van der Waals surface area contributed by atoms with Crippen LogP contribution in [0.1, 0.15) is 48.7 Å². The summed E-state index contributed by atoms with van der Waals surface area (Å²) in [5.74, 6) is 6.02. The van der Waals surface area contributed by atoms with Gasteiger partial charge < -0.3 is 16.9 Å². The quantitative estimate of drug-likeness (QED) is 0.499. The van der Waals surface area contributed by atoms with E-state index in [1.54, 1.807) is 18.3 Å². The molecule has 2 rings (SSSR count). The summed E-state index contributed by atoms with van der Waals surface area (Å²) in [6.07, 6.45) is 6.13. The average molecular weight is 342 g/mol. The van der Waals surface area contributed by atoms with E-state index in [4.69, 9.17) is 11.6 Å². The van der Waals surface area contributed by atoms with Crippen molar-refractivity contribution in [2.75, 3.05) is 18.1 Å². The van der Waals surface area contributed by atoms with Gasteiger partial charge in [-0.2, -0.15) is 0 Å². The minimum atomic E-state index is -0.168. The summed E-state index contributed by atoms with van der Waals surface area (Å²) in [5, 5.41) is 2.91. The van der Waals surface area contributed by atoms with Gasteiger partial charge in [-0.05, 0) is 30.7 Å². The third-order valence-corrected chi connectivity index (χ3v) is 3.82. The minimum absolute atomic E-state index is 0.168. The maximum Gasteiger partial charge on any atom is 0.251 e. The number of pyridine rings is 2. The van der Waals surface area contributed by atoms with Gasteiger partial charge in [0.25, 0.3) is 5.91 Å². The van der Waals surface area contributed by atoms with Gasteiger partial charge >= 0.3 is 0 Å². The summed E-state index contributed by atoms with van der Waals surface area (Å²) < 4.78 is 1.26. The Bertz CT molecular complexity index is 754. The summed E-state index contributed by atoms with van der Waals surface area (Å²) in [6, 6.07) is 8.81. The van der Waals surface area contributed by atoms with Crippen LogP contribution in [0.25, 0.3) is 0 Å². The molecule has 0 saturated heterocycles. The van der Waals surface area contributed by atoms with Crippen LogP contribution in [0.15, 0.2) is 41.5 Å². The Morgan fingerprint density at radius 2 is 2.12 bits per heavy atom. The maximum atomic E-state index is 12.3. The van der Waals surface area contributed by atoms with Crippen LogP contribution >= 0.6 is 0 Å². The molecular weight excluding hydrogens is 316 g/mol. The molecular formula is C18H26N6O. The highest BCUT2D eigenvalue weighted by Gasteiger charge is 2.08. The summed E-state index contributed by atoms with van der Waals surface area (Å²) in [4.78, 5) is 20.9. The number of nitrogen functional groups attached to an aromatic ring is 2. The first kappa shape index (κ1) is 18.5. The molecule has 25 heavy (non-hydrogen) atoms. The van der Waals surface area contributed by atoms with Crippen molar-refractivity contribution < 1.29 is 4.79 Å². The number of carbonyl (C=O) groups excluding carboxylic acids is 1. The second kappa shape index (κ2) is 9.46. The highest BCUT2D eigenvalue weighted by atomic mass is 16.1. The van der Waals surface area contributed by atoms with Gasteiger partial charge in [0.05, 0.1) is 12.2 Å². The molecule has 2 aromatic heterocycles. The number of rotatable bonds is 8. The number of anilines is 1. The Kier molecular flexibility index (Phi) is 7.00. The number of nitrogens with zero attached hydrogens (tertiary/aromatic N) is 3. The first-order chi connectivity index (χ1) is 12.1. The molecule has 0 saturated carbocycles. The van der Waals surface area contributed by atoms with E-state index < -0.39 is 0 Å². The molecule has 2 heterocycles. The van der Waals surface area contributed by atoms with Crippen LogP contribution in [0.5, 0.6) is 0 Å². The number of hydrogen-bond donors (Lipinski definition) is 3. The van der Waals surface area contributed by atoms with Gasteiger partial charge in [0, 0.05) is 18.3 Å². The Morgan fingerprint density at radius 3 is 2.84 bits per heavy atom. The smallest absolute Gasteiger partial charge is 0.251 e. The normalized spacial score (nSPS) is 11.5. The van der Waals surface area contributed by atoms with Gasteiger partial charge in [-0.1, -0.05) is 32.3 Å². The Labute approximate surface area is 147 Å². The van der Waals surface area contributed by atoms with Crippen molar-refractivity contribution in [3.63, 3.8) is 0 Å². The lowest BCUT2D eigenvalue weighted by molar-refractivity contribution is 0.0952. The van der Waals surface area contributed by atoms with Crippen molar-refractivity contribution in [1.29, 1.82) is 0 Å². The highest BCUT2D eigenvalue weighted by Crippen LogP contribution is 2.03. The SMILES string of the molecule is CCCCCCNC(=O)c1cc(N)n(N)c(=NCc2ccccn2)c1. The molecule has 0 bridgehead atoms. The van der Waals surface area contributed by atoms with E-state index in [1.165, 1.54) is 17.5 Å². The molecule has 0 fully saturated rings. The molecule has 0 aliphatic carbocycles. The third kappa shape index (κ3) is 5.63. The molecule has 0 spiro atoms. The topological polar surface area (TPSA) is 111 Å². The monoisotopic (exact) mass is 342 g/mol. The van der Waals surface area contributed by atoms with Gasteiger partial charge in [0.15, 0.2) is 0 Å². The first-order valence-corrected chi connectivity index (χ1v) is 8.58. The lowest BCUT2D eigenvalue weighted by atomic mass is 10.2. The molecule has 5 N–H and O–H groups in total. The van der Waals surface area contributed by atoms with Gasteiger partial charge in [-0.3, -0.25) is 14.8 Å². The molecule has 1 amide bonds. The number of amides is 1. The zero-order chi connectivity index (χ0) is 18.1. The highest BCUT2D eigenvalue weighted by molar-refractivity contribution is 5.94. The zero-order valence-electron chi connectivity index (χ0n) is 14.6. The number of carbonyl (C=O) groups is 1. The van der Waals surface area contributed by atoms with Crippen molar-refractivity contribution in [1.82, 2.24) is 15.0 Å². The molecule has 0 aromatic carbocycles. The van der Waals surface area contributed by atoms with Crippen molar-refractivity contribution in [2.45, 2.75) is 39.2 Å². The number of nitrogens with two attached hydrogens (primary N) is 2. The predicted molar refractivity (Wildman–Crippen MR) is 99.0 cm³/mol. The van der Waals surface area contributed by atoms with Gasteiger partial charge in [-0.25, -0.2) is 4.68 Å². The molecule has 0 unspecified atom stereocenters. The second-order valence-electron chi connectivity index (χ2n) is 5.85. The second-order valence-corrected chi connectivity index (χ2v) is 5.85. The van der Waals surface area contributed by atoms with E-state index in [2.05, 4.69) is 22.2 Å². The lowest BCUT2D eigenvalue weighted by Crippen LogP contribution is -2.33. The number of hydrogen-bond acceptors (Lipinski definition) is 5. The van der Waals surface area contributed by atoms with Crippen molar-refractivity contribution in [3.05, 3.63) is 53.3 Å².